The summed E-state index contributed by atoms with van der Waals surface area (Å²) in [4.78, 5) is 68.2. The second-order valence-corrected chi connectivity index (χ2v) is 30.1. The second-order valence-electron chi connectivity index (χ2n) is 30.1. The Morgan fingerprint density at radius 3 is 1.09 bits per heavy atom. The molecule has 2 spiro atoms. The van der Waals surface area contributed by atoms with E-state index in [1.807, 2.05) is 126 Å². The molecule has 0 saturated heterocycles. The largest absolute Gasteiger partial charge is 0.491 e. The minimum absolute atomic E-state index is 0. The summed E-state index contributed by atoms with van der Waals surface area (Å²) in [6, 6.07) is 29.9. The van der Waals surface area contributed by atoms with Crippen molar-refractivity contribution in [1.82, 2.24) is 9.80 Å². The summed E-state index contributed by atoms with van der Waals surface area (Å²) in [6.45, 7) is 39.0. The highest BCUT2D eigenvalue weighted by atomic mass is 16.5. The molecule has 1 N–H and O–H groups in total. The number of nitrogens with zero attached hydrogens (tertiary/aromatic N) is 4. The zero-order valence-electron chi connectivity index (χ0n) is 54.9. The monoisotopic (exact) mass is 1210 g/mol. The fraction of sp³-hybridized carbons (Fsp3) is 0.605. The van der Waals surface area contributed by atoms with Gasteiger partial charge in [-0.25, -0.2) is 9.59 Å². The lowest BCUT2D eigenvalue weighted by Crippen LogP contribution is -2.51. The first-order valence-electron chi connectivity index (χ1n) is 31.6. The van der Waals surface area contributed by atoms with Gasteiger partial charge in [0, 0.05) is 11.1 Å². The number of ether oxygens (including phenoxy) is 3. The number of carboxylic acid groups (broad SMARTS) is 1. The van der Waals surface area contributed by atoms with Gasteiger partial charge in [0.25, 0.3) is 11.8 Å². The van der Waals surface area contributed by atoms with E-state index in [0.29, 0.717) is 28.8 Å². The van der Waals surface area contributed by atoms with Crippen LogP contribution in [0.3, 0.4) is 0 Å². The second kappa shape index (κ2) is 29.6. The van der Waals surface area contributed by atoms with Crippen LogP contribution in [0.5, 0.6) is 11.5 Å². The molecular formula is C76H114N4O8. The first kappa shape index (κ1) is 74.2. The maximum absolute atomic E-state index is 14.6. The lowest BCUT2D eigenvalue weighted by atomic mass is 9.69. The zero-order valence-corrected chi connectivity index (χ0v) is 54.9. The van der Waals surface area contributed by atoms with E-state index in [2.05, 4.69) is 92.9 Å². The molecule has 0 unspecified atom stereocenters. The molecule has 2 saturated carbocycles. The van der Waals surface area contributed by atoms with Crippen LogP contribution in [0.2, 0.25) is 0 Å². The Kier molecular flexibility index (Phi) is 24.9. The summed E-state index contributed by atoms with van der Waals surface area (Å²) < 4.78 is 17.1. The highest BCUT2D eigenvalue weighted by Crippen LogP contribution is 2.52. The number of amides is 2. The predicted molar refractivity (Wildman–Crippen MR) is 363 cm³/mol. The third kappa shape index (κ3) is 18.4. The van der Waals surface area contributed by atoms with Crippen molar-refractivity contribution in [2.75, 3.05) is 0 Å². The molecule has 2 fully saturated rings. The molecule has 2 atom stereocenters. The summed E-state index contributed by atoms with van der Waals surface area (Å²) in [5, 5.41) is 9.50. The number of esters is 1. The first-order chi connectivity index (χ1) is 39.6. The maximum Gasteiger partial charge on any atom is 0.338 e. The average molecular weight is 1210 g/mol. The number of hydrogen-bond acceptors (Lipinski definition) is 9. The van der Waals surface area contributed by atoms with Crippen LogP contribution in [0.4, 0.5) is 0 Å². The molecule has 88 heavy (non-hydrogen) atoms. The molecule has 2 amide bonds. The number of rotatable bonds is 17. The molecule has 0 radical (unpaired) electrons. The third-order valence-electron chi connectivity index (χ3n) is 17.8. The van der Waals surface area contributed by atoms with Gasteiger partial charge in [-0.1, -0.05) is 130 Å². The van der Waals surface area contributed by atoms with Gasteiger partial charge in [-0.05, 0) is 236 Å². The Hall–Kier alpha value is -6.30. The van der Waals surface area contributed by atoms with Gasteiger partial charge in [0.2, 0.25) is 0 Å². The fourth-order valence-electron chi connectivity index (χ4n) is 13.0. The van der Waals surface area contributed by atoms with Gasteiger partial charge in [-0.3, -0.25) is 19.6 Å². The quantitative estimate of drug-likeness (QED) is 0.103. The first-order valence-corrected chi connectivity index (χ1v) is 31.6. The molecule has 4 aliphatic rings. The van der Waals surface area contributed by atoms with Gasteiger partial charge in [0.1, 0.15) is 34.2 Å². The molecule has 4 aromatic rings. The van der Waals surface area contributed by atoms with E-state index >= 15 is 0 Å². The Balaban J connectivity index is 0.000000365. The molecule has 8 rings (SSSR count). The van der Waals surface area contributed by atoms with E-state index in [-0.39, 0.29) is 97.7 Å². The van der Waals surface area contributed by atoms with Crippen molar-refractivity contribution in [1.29, 1.82) is 0 Å². The molecular weight excluding hydrogens is 1100 g/mol. The smallest absolute Gasteiger partial charge is 0.338 e. The van der Waals surface area contributed by atoms with Crippen LogP contribution in [-0.2, 0) is 14.3 Å². The molecule has 2 aliphatic heterocycles. The number of carboxylic acids is 1. The number of aliphatic imine (C=N–C) groups is 2. The molecule has 0 aromatic heterocycles. The van der Waals surface area contributed by atoms with Crippen molar-refractivity contribution in [3.8, 4) is 11.5 Å². The van der Waals surface area contributed by atoms with Crippen LogP contribution in [0.25, 0.3) is 0 Å². The zero-order chi connectivity index (χ0) is 62.6. The number of carbonyl (C=O) groups is 4. The van der Waals surface area contributed by atoms with Crippen LogP contribution >= 0.6 is 0 Å². The molecule has 4 aromatic carbocycles. The summed E-state index contributed by atoms with van der Waals surface area (Å²) >= 11 is 0. The highest BCUT2D eigenvalue weighted by molar-refractivity contribution is 6.47. The average Bonchev–Trinajstić information content (AvgIpc) is 3.75. The van der Waals surface area contributed by atoms with E-state index in [4.69, 9.17) is 24.2 Å². The fourth-order valence-corrected chi connectivity index (χ4v) is 13.0. The van der Waals surface area contributed by atoms with E-state index in [1.54, 1.807) is 12.1 Å². The van der Waals surface area contributed by atoms with E-state index in [1.165, 1.54) is 0 Å². The summed E-state index contributed by atoms with van der Waals surface area (Å²) in [5.74, 6) is 1.36. The number of carbonyl (C=O) groups excluding carboxylic acids is 3. The highest BCUT2D eigenvalue weighted by Gasteiger charge is 2.54. The molecule has 12 heteroatoms. The van der Waals surface area contributed by atoms with Crippen LogP contribution in [0.1, 0.15) is 279 Å². The molecule has 2 heterocycles. The minimum atomic E-state index is -0.951. The molecule has 486 valence electrons. The predicted octanol–water partition coefficient (Wildman–Crippen LogP) is 19.4. The van der Waals surface area contributed by atoms with Crippen LogP contribution in [-0.4, -0.2) is 79.7 Å². The Morgan fingerprint density at radius 2 is 0.818 bits per heavy atom. The summed E-state index contributed by atoms with van der Waals surface area (Å²) in [7, 11) is 0. The number of aromatic carboxylic acids is 1. The Morgan fingerprint density at radius 1 is 0.500 bits per heavy atom. The molecule has 2 aliphatic carbocycles. The van der Waals surface area contributed by atoms with E-state index < -0.39 is 17.3 Å². The molecule has 12 nitrogen and oxygen atoms in total. The lowest BCUT2D eigenvalue weighted by molar-refractivity contribution is -0.134. The standard InChI is InChI=1S/C38H54N2O4.C35H48N2O4.3CH4/c1-25(2)43-31-17-15-28(16-18-31)33-34(41)40(38(39-33)23-19-30(20-24-38)37(8,9)10)32(21-22-36(5,6)7)27-11-13-29(14-12-27)35(42)44-26(3)4;1-23(2)41-28-15-13-25(14-16-28)30-31(38)37(35(36-30)21-17-27(18-22-35)34(6,7)8)29(19-20-33(3,4)5)24-9-11-26(12-10-24)32(39)40;;;/h11-18,25-26,30,32H,19-24H2,1-10H3;9-16,23,27,29H,17-22H2,1-8H3,(H,39,40);3*1H4/t30?,32-,38?;27?,29-,35?;;;/m11.../s1. The van der Waals surface area contributed by atoms with Gasteiger partial charge < -0.3 is 29.1 Å². The summed E-state index contributed by atoms with van der Waals surface area (Å²) in [6.07, 6.45) is 10.8. The van der Waals surface area contributed by atoms with Crippen LogP contribution < -0.4 is 9.47 Å². The van der Waals surface area contributed by atoms with Crippen molar-refractivity contribution in [3.05, 3.63) is 130 Å². The SMILES string of the molecule is C.C.C.CC(C)OC(=O)c1ccc([C@@H](CCC(C)(C)C)N2C(=O)C(c3ccc(OC(C)C)cc3)=NC23CCC(C(C)(C)C)CC3)cc1.CC(C)Oc1ccc(C2=NC3(CCC(C(C)(C)C)CC3)N([C@H](CCC(C)(C)C)c3ccc(C(=O)O)cc3)C2=O)cc1. The normalized spacial score (nSPS) is 21.2. The maximum atomic E-state index is 14.6. The lowest BCUT2D eigenvalue weighted by Gasteiger charge is -2.47. The number of hydrogen-bond donors (Lipinski definition) is 1. The summed E-state index contributed by atoms with van der Waals surface area (Å²) in [5.41, 5.74) is 4.80. The van der Waals surface area contributed by atoms with E-state index in [0.717, 1.165) is 111 Å². The van der Waals surface area contributed by atoms with Gasteiger partial charge in [-0.15, -0.1) is 0 Å². The third-order valence-corrected chi connectivity index (χ3v) is 17.8. The van der Waals surface area contributed by atoms with Gasteiger partial charge >= 0.3 is 11.9 Å². The topological polar surface area (TPSA) is 147 Å². The van der Waals surface area contributed by atoms with Crippen molar-refractivity contribution >= 4 is 35.2 Å². The van der Waals surface area contributed by atoms with Crippen LogP contribution in [0, 0.1) is 33.5 Å². The van der Waals surface area contributed by atoms with Crippen molar-refractivity contribution in [2.45, 2.75) is 266 Å². The van der Waals surface area contributed by atoms with Gasteiger partial charge in [0.05, 0.1) is 41.5 Å². The van der Waals surface area contributed by atoms with Crippen molar-refractivity contribution < 1.29 is 38.5 Å². The van der Waals surface area contributed by atoms with Crippen molar-refractivity contribution in [3.63, 3.8) is 0 Å². The van der Waals surface area contributed by atoms with Gasteiger partial charge in [0.15, 0.2) is 0 Å². The van der Waals surface area contributed by atoms with Crippen LogP contribution in [0.15, 0.2) is 107 Å². The Labute approximate surface area is 532 Å². The number of benzene rings is 4. The minimum Gasteiger partial charge on any atom is -0.491 e. The molecule has 0 bridgehead atoms. The van der Waals surface area contributed by atoms with E-state index in [9.17, 15) is 24.3 Å². The van der Waals surface area contributed by atoms with Gasteiger partial charge in [-0.2, -0.15) is 0 Å². The van der Waals surface area contributed by atoms with Crippen molar-refractivity contribution in [2.24, 2.45) is 43.5 Å². The Bertz CT molecular complexity index is 2980.